The van der Waals surface area contributed by atoms with Crippen molar-refractivity contribution in [2.24, 2.45) is 273 Å². The first-order chi connectivity index (χ1) is 26.8. The van der Waals surface area contributed by atoms with Gasteiger partial charge >= 0.3 is 0 Å². The summed E-state index contributed by atoms with van der Waals surface area (Å²) in [5.41, 5.74) is 23.9. The zero-order valence-corrected chi connectivity index (χ0v) is 30.3. The van der Waals surface area contributed by atoms with Crippen LogP contribution in [0.5, 0.6) is 0 Å². The van der Waals surface area contributed by atoms with Crippen LogP contribution >= 0.6 is 0 Å². The first kappa shape index (κ1) is 19.1. The van der Waals surface area contributed by atoms with Crippen LogP contribution < -0.4 is 0 Å². The molecule has 0 aromatic heterocycles. The normalized spacial score (nSPS) is 133. The molecule has 0 aromatic rings. The molecule has 254 valence electrons. The Bertz CT molecular complexity index is 3350. The molecular weight excluding hydrogens is 649 g/mol. The van der Waals surface area contributed by atoms with Crippen molar-refractivity contribution in [3.63, 3.8) is 0 Å². The molecule has 54 heavy (non-hydrogen) atoms. The van der Waals surface area contributed by atoms with E-state index < -0.39 is 0 Å². The Balaban J connectivity index is 0.845. The second-order valence-corrected chi connectivity index (χ2v) is 34.2. The SMILES string of the molecule is C1C2[C@@H]3[C@@H]4[C@@H]5[C@@H]6C1[C@@H]1CC7C8CC9C%10%11C[C@@H]%12CC%13C%14C%15C[C@@H]%16[C@@H]%17[C@@H]%18[C@@H]%19[C@H]2C2%20C%21%22C([C@@H]%23[C@@H]%24[C@@H]%25[C@H]%13C%14%13C%15%16C%17%14C%25%13C%24%13C%23%21C%192C%18%14%13)C%122C%12C%10C%10%13C%12%14C4(C5%10C64C71C89C%11%134)C3%20C2%14%22. The zero-order chi connectivity index (χ0) is 30.3. The maximum absolute atomic E-state index is 1.99. The van der Waals surface area contributed by atoms with Crippen LogP contribution in [0.4, 0.5) is 0 Å². The summed E-state index contributed by atoms with van der Waals surface area (Å²) in [6.07, 6.45) is 11.4. The molecule has 48 atom stereocenters. The van der Waals surface area contributed by atoms with Crippen molar-refractivity contribution >= 4 is 0 Å². The van der Waals surface area contributed by atoms with Crippen LogP contribution in [-0.4, -0.2) is 0 Å². The first-order valence-corrected chi connectivity index (χ1v) is 26.8. The molecule has 0 N–H and O–H groups in total. The Morgan fingerprint density at radius 3 is 1.85 bits per heavy atom. The fourth-order valence-electron chi connectivity index (χ4n) is 55.8. The van der Waals surface area contributed by atoms with E-state index in [0.29, 0.717) is 0 Å². The van der Waals surface area contributed by atoms with Gasteiger partial charge in [0.15, 0.2) is 0 Å². The van der Waals surface area contributed by atoms with Crippen molar-refractivity contribution in [1.82, 2.24) is 0 Å². The highest BCUT2D eigenvalue weighted by Crippen LogP contribution is 3.60. The average Bonchev–Trinajstić information content (AvgIpc) is 3.32. The molecule has 0 aromatic carbocycles. The van der Waals surface area contributed by atoms with Gasteiger partial charge in [-0.15, -0.1) is 0 Å². The molecule has 36 aliphatic rings. The molecule has 0 aliphatic heterocycles. The molecule has 0 radical (unpaired) electrons. The van der Waals surface area contributed by atoms with Crippen molar-refractivity contribution in [3.05, 3.63) is 0 Å². The Kier molecular flexibility index (Phi) is 1.09. The van der Waals surface area contributed by atoms with E-state index in [4.69, 9.17) is 0 Å². The van der Waals surface area contributed by atoms with Crippen LogP contribution in [0.15, 0.2) is 0 Å². The van der Waals surface area contributed by atoms with Crippen LogP contribution in [0.3, 0.4) is 0 Å². The van der Waals surface area contributed by atoms with Crippen molar-refractivity contribution in [2.75, 3.05) is 0 Å². The minimum Gasteiger partial charge on any atom is -0.0464 e. The summed E-state index contributed by atoms with van der Waals surface area (Å²) in [6.45, 7) is 0. The number of fused-ring (bicyclic) bond motifs is 9. The minimum atomic E-state index is 1.01. The Morgan fingerprint density at radius 2 is 0.907 bits per heavy atom. The van der Waals surface area contributed by atoms with Gasteiger partial charge < -0.3 is 0 Å². The second-order valence-electron chi connectivity index (χ2n) is 34.2. The summed E-state index contributed by atoms with van der Waals surface area (Å²) in [6, 6.07) is 0. The predicted octanol–water partition coefficient (Wildman–Crippen LogP) is 5.54. The molecule has 0 nitrogen and oxygen atoms in total. The summed E-state index contributed by atoms with van der Waals surface area (Å²) in [7, 11) is 0. The lowest BCUT2D eigenvalue weighted by Crippen LogP contribution is -3.54. The van der Waals surface area contributed by atoms with E-state index in [9.17, 15) is 0 Å². The highest BCUT2D eigenvalue weighted by atomic mass is 15.6. The summed E-state index contributed by atoms with van der Waals surface area (Å²) < 4.78 is 0. The maximum atomic E-state index is 1.99. The van der Waals surface area contributed by atoms with E-state index in [1.807, 2.05) is 38.5 Å². The summed E-state index contributed by atoms with van der Waals surface area (Å²) in [5.74, 6) is 35.8. The first-order valence-electron chi connectivity index (χ1n) is 26.8. The monoisotopic (exact) mass is 686 g/mol. The van der Waals surface area contributed by atoms with Crippen LogP contribution in [0, 0.1) is 273 Å². The highest BCUT2D eigenvalue weighted by molar-refractivity contribution is 6.03. The Hall–Kier alpha value is 0. The molecular formula is C54H38. The largest absolute Gasteiger partial charge is 0.0464 e. The Morgan fingerprint density at radius 1 is 0.296 bits per heavy atom. The molecule has 36 aliphatic carbocycles. The molecule has 36 fully saturated rings. The zero-order valence-electron chi connectivity index (χ0n) is 30.3. The van der Waals surface area contributed by atoms with Gasteiger partial charge in [-0.1, -0.05) is 0 Å². The molecule has 0 heterocycles. The van der Waals surface area contributed by atoms with E-state index in [2.05, 4.69) is 0 Å². The fraction of sp³-hybridized carbons (Fsp3) is 1.00. The maximum Gasteiger partial charge on any atom is -0.00191 e. The predicted molar refractivity (Wildman–Crippen MR) is 172 cm³/mol. The molecule has 36 rings (SSSR count). The molecule has 36 saturated carbocycles. The second kappa shape index (κ2) is 3.07. The number of hydrogen-bond donors (Lipinski definition) is 0. The van der Waals surface area contributed by atoms with Crippen LogP contribution in [0.25, 0.3) is 0 Å². The molecule has 0 heteroatoms. The third kappa shape index (κ3) is 0.469. The van der Waals surface area contributed by atoms with E-state index >= 15 is 0 Å². The van der Waals surface area contributed by atoms with Gasteiger partial charge in [-0.2, -0.15) is 0 Å². The van der Waals surface area contributed by atoms with Gasteiger partial charge in [0.05, 0.1) is 0 Å². The Labute approximate surface area is 310 Å². The highest BCUT2D eigenvalue weighted by Gasteiger charge is 3.59. The van der Waals surface area contributed by atoms with Gasteiger partial charge in [0, 0.05) is 0 Å². The van der Waals surface area contributed by atoms with Gasteiger partial charge in [0.2, 0.25) is 0 Å². The number of rotatable bonds is 0. The van der Waals surface area contributed by atoms with E-state index in [0.717, 1.165) is 119 Å². The average molecular weight is 687 g/mol. The molecule has 33 unspecified atom stereocenters. The quantitative estimate of drug-likeness (QED) is 0.314. The lowest BCUT2D eigenvalue weighted by Gasteiger charge is -3.55. The van der Waals surface area contributed by atoms with E-state index in [1.54, 1.807) is 0 Å². The molecule has 22 spiro atoms. The number of hydrogen-bond acceptors (Lipinski definition) is 0. The lowest BCUT2D eigenvalue weighted by atomic mass is 8.47. The summed E-state index contributed by atoms with van der Waals surface area (Å²) in [4.78, 5) is 0. The summed E-state index contributed by atoms with van der Waals surface area (Å²) in [5, 5.41) is 0. The van der Waals surface area contributed by atoms with Crippen LogP contribution in [-0.2, 0) is 0 Å². The van der Waals surface area contributed by atoms with Gasteiger partial charge in [-0.3, -0.25) is 0 Å². The van der Waals surface area contributed by atoms with Crippen LogP contribution in [0.2, 0.25) is 0 Å². The van der Waals surface area contributed by atoms with Crippen molar-refractivity contribution in [3.8, 4) is 0 Å². The van der Waals surface area contributed by atoms with E-state index in [1.165, 1.54) is 154 Å². The van der Waals surface area contributed by atoms with Crippen LogP contribution in [0.1, 0.15) is 38.5 Å². The van der Waals surface area contributed by atoms with E-state index in [-0.39, 0.29) is 0 Å². The standard InChI is InChI=1S/C54H38/c1-7-6-33-16-5-13-12-3-11-8-2-10-20-25-27-22-15-4-14-17-9(1)18-23-28-29-30-34(7)32-31(33)51-45-24(19(8)41(45)35(11,12)37(13,16)53(33,41)51)26-21(10)49-42(20)46(25)43(27)39(22)36(14,15)38(17,18)40(23,39)44(28,43)48(29,46)50(30,42)54(34,49)52(32,51)47(26,45)49/h7-32H,1-6H2/t7-,8?,9?,10?,11-,12?,13?,14?,15+,16?,17?,18-,19-,20-,21+,22+,23-,24-,25-,26+,27+,28-,29-,30?,31?,32?,33?,34?,35?,36?,37?,38?,39?,40?,41?,42?,43?,44?,45?,46?,47?,48?,49?,50?,51?,52?,53?,54?/m0/s1. The molecule has 0 bridgehead atoms. The third-order valence-electron chi connectivity index (χ3n) is 44.7. The lowest BCUT2D eigenvalue weighted by molar-refractivity contribution is -1.10. The van der Waals surface area contributed by atoms with Gasteiger partial charge in [0.1, 0.15) is 0 Å². The van der Waals surface area contributed by atoms with Crippen molar-refractivity contribution in [1.29, 1.82) is 0 Å². The smallest absolute Gasteiger partial charge is 0.00191 e. The van der Waals surface area contributed by atoms with Crippen molar-refractivity contribution < 1.29 is 0 Å². The van der Waals surface area contributed by atoms with Gasteiger partial charge in [-0.25, -0.2) is 0 Å². The molecule has 0 amide bonds. The summed E-state index contributed by atoms with van der Waals surface area (Å²) >= 11 is 0. The third-order valence-corrected chi connectivity index (χ3v) is 44.7. The van der Waals surface area contributed by atoms with Crippen molar-refractivity contribution in [2.45, 2.75) is 38.5 Å². The fourth-order valence-corrected chi connectivity index (χ4v) is 55.8. The topological polar surface area (TPSA) is 0 Å². The molecule has 0 saturated heterocycles. The minimum absolute atomic E-state index is 1.01. The van der Waals surface area contributed by atoms with Gasteiger partial charge in [0.25, 0.3) is 0 Å². The van der Waals surface area contributed by atoms with Gasteiger partial charge in [-0.05, 0) is 312 Å².